The molecule has 5 heteroatoms. The highest BCUT2D eigenvalue weighted by Crippen LogP contribution is 2.33. The van der Waals surface area contributed by atoms with Crippen LogP contribution < -0.4 is 15.2 Å². The van der Waals surface area contributed by atoms with Crippen LogP contribution in [0.5, 0.6) is 11.5 Å². The van der Waals surface area contributed by atoms with Gasteiger partial charge in [0.25, 0.3) is 0 Å². The van der Waals surface area contributed by atoms with Gasteiger partial charge >= 0.3 is 0 Å². The van der Waals surface area contributed by atoms with Gasteiger partial charge in [-0.1, -0.05) is 0 Å². The van der Waals surface area contributed by atoms with E-state index >= 15 is 0 Å². The molecule has 0 amide bonds. The molecule has 2 N–H and O–H groups in total. The molecule has 0 unspecified atom stereocenters. The second-order valence-electron chi connectivity index (χ2n) is 3.63. The Kier molecular flexibility index (Phi) is 2.91. The zero-order valence-corrected chi connectivity index (χ0v) is 10.1. The van der Waals surface area contributed by atoms with Crippen molar-refractivity contribution in [2.75, 3.05) is 20.0 Å². The van der Waals surface area contributed by atoms with Gasteiger partial charge in [-0.25, -0.2) is 4.98 Å². The van der Waals surface area contributed by atoms with E-state index in [1.54, 1.807) is 25.0 Å². The Morgan fingerprint density at radius 3 is 2.53 bits per heavy atom. The zero-order chi connectivity index (χ0) is 12.4. The first kappa shape index (κ1) is 11.3. The third kappa shape index (κ3) is 1.91. The minimum absolute atomic E-state index is 0.463. The summed E-state index contributed by atoms with van der Waals surface area (Å²) in [7, 11) is 5.12. The summed E-state index contributed by atoms with van der Waals surface area (Å²) in [6, 6.07) is 5.61. The fourth-order valence-corrected chi connectivity index (χ4v) is 1.69. The van der Waals surface area contributed by atoms with E-state index in [9.17, 15) is 0 Å². The fourth-order valence-electron chi connectivity index (χ4n) is 1.69. The number of hydrogen-bond acceptors (Lipinski definition) is 4. The number of rotatable bonds is 3. The van der Waals surface area contributed by atoms with Crippen LogP contribution in [-0.2, 0) is 7.05 Å². The lowest BCUT2D eigenvalue weighted by Gasteiger charge is -2.11. The van der Waals surface area contributed by atoms with Gasteiger partial charge in [-0.3, -0.25) is 0 Å². The van der Waals surface area contributed by atoms with Crippen LogP contribution in [0, 0.1) is 0 Å². The van der Waals surface area contributed by atoms with Crippen LogP contribution in [0.1, 0.15) is 0 Å². The second-order valence-corrected chi connectivity index (χ2v) is 3.63. The Morgan fingerprint density at radius 2 is 2.00 bits per heavy atom. The van der Waals surface area contributed by atoms with Crippen LogP contribution in [0.2, 0.25) is 0 Å². The van der Waals surface area contributed by atoms with Gasteiger partial charge in [0.15, 0.2) is 5.95 Å². The standard InChI is InChI=1S/C12H15N3O2/c1-15-10(7-14-12(15)13)9-6-8(16-2)4-5-11(9)17-3/h4-7H,1-3H3,(H2,13,14). The SMILES string of the molecule is COc1ccc(OC)c(-c2cnc(N)n2C)c1. The van der Waals surface area contributed by atoms with Crippen LogP contribution in [0.15, 0.2) is 24.4 Å². The Hall–Kier alpha value is -2.17. The number of nitrogens with zero attached hydrogens (tertiary/aromatic N) is 2. The second kappa shape index (κ2) is 4.37. The predicted octanol–water partition coefficient (Wildman–Crippen LogP) is 1.69. The molecule has 1 aromatic carbocycles. The molecule has 0 spiro atoms. The van der Waals surface area contributed by atoms with Gasteiger partial charge in [0.05, 0.1) is 26.1 Å². The highest BCUT2D eigenvalue weighted by Gasteiger charge is 2.12. The number of anilines is 1. The largest absolute Gasteiger partial charge is 0.497 e. The number of aromatic nitrogens is 2. The van der Waals surface area contributed by atoms with Crippen LogP contribution in [0.4, 0.5) is 5.95 Å². The molecule has 0 aliphatic carbocycles. The summed E-state index contributed by atoms with van der Waals surface area (Å²) in [4.78, 5) is 4.07. The third-order valence-corrected chi connectivity index (χ3v) is 2.71. The van der Waals surface area contributed by atoms with Crippen LogP contribution in [0.3, 0.4) is 0 Å². The summed E-state index contributed by atoms with van der Waals surface area (Å²) in [6.07, 6.45) is 1.71. The maximum Gasteiger partial charge on any atom is 0.200 e. The van der Waals surface area contributed by atoms with Crippen LogP contribution in [-0.4, -0.2) is 23.8 Å². The maximum absolute atomic E-state index is 5.72. The predicted molar refractivity (Wildman–Crippen MR) is 66.2 cm³/mol. The number of nitrogens with two attached hydrogens (primary N) is 1. The first-order valence-corrected chi connectivity index (χ1v) is 5.17. The molecular formula is C12H15N3O2. The minimum atomic E-state index is 0.463. The normalized spacial score (nSPS) is 10.3. The molecule has 0 saturated carbocycles. The highest BCUT2D eigenvalue weighted by atomic mass is 16.5. The minimum Gasteiger partial charge on any atom is -0.497 e. The lowest BCUT2D eigenvalue weighted by Crippen LogP contribution is -1.99. The van der Waals surface area contributed by atoms with Crippen molar-refractivity contribution < 1.29 is 9.47 Å². The summed E-state index contributed by atoms with van der Waals surface area (Å²) in [5.74, 6) is 1.99. The molecule has 5 nitrogen and oxygen atoms in total. The average molecular weight is 233 g/mol. The van der Waals surface area contributed by atoms with Gasteiger partial charge in [0, 0.05) is 12.6 Å². The Bertz CT molecular complexity index is 535. The highest BCUT2D eigenvalue weighted by molar-refractivity contribution is 5.70. The van der Waals surface area contributed by atoms with Crippen LogP contribution in [0.25, 0.3) is 11.3 Å². The Morgan fingerprint density at radius 1 is 1.24 bits per heavy atom. The number of hydrogen-bond donors (Lipinski definition) is 1. The number of imidazole rings is 1. The Labute approximate surface area is 99.8 Å². The topological polar surface area (TPSA) is 62.3 Å². The molecule has 1 heterocycles. The van der Waals surface area contributed by atoms with E-state index in [0.29, 0.717) is 5.95 Å². The van der Waals surface area contributed by atoms with E-state index in [-0.39, 0.29) is 0 Å². The average Bonchev–Trinajstić information content (AvgIpc) is 2.69. The van der Waals surface area contributed by atoms with E-state index in [4.69, 9.17) is 15.2 Å². The molecule has 0 fully saturated rings. The molecular weight excluding hydrogens is 218 g/mol. The van der Waals surface area contributed by atoms with Crippen molar-refractivity contribution in [2.45, 2.75) is 0 Å². The van der Waals surface area contributed by atoms with Gasteiger partial charge in [-0.2, -0.15) is 0 Å². The number of ether oxygens (including phenoxy) is 2. The van der Waals surface area contributed by atoms with E-state index in [2.05, 4.69) is 4.98 Å². The number of nitrogen functional groups attached to an aromatic ring is 1. The number of methoxy groups -OCH3 is 2. The number of benzene rings is 1. The first-order valence-electron chi connectivity index (χ1n) is 5.17. The summed E-state index contributed by atoms with van der Waals surface area (Å²) in [5.41, 5.74) is 7.51. The van der Waals surface area contributed by atoms with Crippen molar-refractivity contribution in [3.63, 3.8) is 0 Å². The van der Waals surface area contributed by atoms with E-state index < -0.39 is 0 Å². The molecule has 1 aromatic heterocycles. The zero-order valence-electron chi connectivity index (χ0n) is 10.1. The van der Waals surface area contributed by atoms with Crippen molar-refractivity contribution in [1.29, 1.82) is 0 Å². The van der Waals surface area contributed by atoms with Crippen molar-refractivity contribution in [3.05, 3.63) is 24.4 Å². The molecule has 0 aliphatic heterocycles. The van der Waals surface area contributed by atoms with E-state index in [1.165, 1.54) is 0 Å². The van der Waals surface area contributed by atoms with Crippen molar-refractivity contribution in [2.24, 2.45) is 7.05 Å². The lowest BCUT2D eigenvalue weighted by atomic mass is 10.1. The summed E-state index contributed by atoms with van der Waals surface area (Å²) >= 11 is 0. The molecule has 2 aromatic rings. The quantitative estimate of drug-likeness (QED) is 0.876. The molecule has 0 saturated heterocycles. The van der Waals surface area contributed by atoms with Gasteiger partial charge in [0.2, 0.25) is 0 Å². The Balaban J connectivity index is 2.60. The van der Waals surface area contributed by atoms with Crippen molar-refractivity contribution >= 4 is 5.95 Å². The monoisotopic (exact) mass is 233 g/mol. The van der Waals surface area contributed by atoms with Crippen molar-refractivity contribution in [1.82, 2.24) is 9.55 Å². The van der Waals surface area contributed by atoms with Gasteiger partial charge in [-0.05, 0) is 18.2 Å². The third-order valence-electron chi connectivity index (χ3n) is 2.71. The lowest BCUT2D eigenvalue weighted by molar-refractivity contribution is 0.404. The summed E-state index contributed by atoms with van der Waals surface area (Å²) in [6.45, 7) is 0. The molecule has 0 atom stereocenters. The molecule has 17 heavy (non-hydrogen) atoms. The first-order chi connectivity index (χ1) is 8.17. The fraction of sp³-hybridized carbons (Fsp3) is 0.250. The maximum atomic E-state index is 5.72. The van der Waals surface area contributed by atoms with E-state index in [0.717, 1.165) is 22.8 Å². The molecule has 0 bridgehead atoms. The van der Waals surface area contributed by atoms with E-state index in [1.807, 2.05) is 25.2 Å². The summed E-state index contributed by atoms with van der Waals surface area (Å²) in [5, 5.41) is 0. The molecule has 2 rings (SSSR count). The molecule has 0 aliphatic rings. The van der Waals surface area contributed by atoms with Crippen molar-refractivity contribution in [3.8, 4) is 22.8 Å². The van der Waals surface area contributed by atoms with Gasteiger partial charge < -0.3 is 19.8 Å². The summed E-state index contributed by atoms with van der Waals surface area (Å²) < 4.78 is 12.3. The van der Waals surface area contributed by atoms with Gasteiger partial charge in [0.1, 0.15) is 11.5 Å². The smallest absolute Gasteiger partial charge is 0.200 e. The van der Waals surface area contributed by atoms with Gasteiger partial charge in [-0.15, -0.1) is 0 Å². The molecule has 0 radical (unpaired) electrons. The van der Waals surface area contributed by atoms with Crippen LogP contribution >= 0.6 is 0 Å². The molecule has 90 valence electrons.